The highest BCUT2D eigenvalue weighted by molar-refractivity contribution is 7.92. The molecular formula is C24H18F5N3O5S. The van der Waals surface area contributed by atoms with E-state index in [9.17, 15) is 26.4 Å². The van der Waals surface area contributed by atoms with Crippen LogP contribution in [0.1, 0.15) is 24.3 Å². The molecule has 14 heteroatoms. The number of fused-ring (bicyclic) bond motifs is 1. The first kappa shape index (κ1) is 25.7. The Balaban J connectivity index is 1.59. The Hall–Kier alpha value is -3.94. The fourth-order valence-electron chi connectivity index (χ4n) is 4.50. The molecule has 0 atom stereocenters. The summed E-state index contributed by atoms with van der Waals surface area (Å²) in [5, 5.41) is 3.53. The zero-order chi connectivity index (χ0) is 27.4. The second kappa shape index (κ2) is 9.11. The Morgan fingerprint density at radius 3 is 2.45 bits per heavy atom. The van der Waals surface area contributed by atoms with Crippen LogP contribution in [-0.4, -0.2) is 31.4 Å². The van der Waals surface area contributed by atoms with Gasteiger partial charge in [-0.2, -0.15) is 13.2 Å². The highest BCUT2D eigenvalue weighted by Gasteiger charge is 2.48. The van der Waals surface area contributed by atoms with Gasteiger partial charge in [-0.15, -0.1) is 0 Å². The van der Waals surface area contributed by atoms with Crippen LogP contribution in [0.2, 0.25) is 0 Å². The molecule has 1 N–H and O–H groups in total. The molecule has 200 valence electrons. The molecule has 0 aliphatic heterocycles. The molecule has 2 heterocycles. The zero-order valence-corrected chi connectivity index (χ0v) is 20.2. The van der Waals surface area contributed by atoms with E-state index in [1.807, 2.05) is 0 Å². The molecule has 38 heavy (non-hydrogen) atoms. The summed E-state index contributed by atoms with van der Waals surface area (Å²) in [4.78, 5) is 12.1. The lowest BCUT2D eigenvalue weighted by molar-refractivity contribution is -0.197. The van der Waals surface area contributed by atoms with Crippen molar-refractivity contribution in [2.75, 3.05) is 11.8 Å². The average molecular weight is 555 g/mol. The number of halogens is 5. The smallest absolute Gasteiger partial charge is 0.391 e. The Morgan fingerprint density at radius 2 is 1.82 bits per heavy atom. The van der Waals surface area contributed by atoms with Gasteiger partial charge >= 0.3 is 6.18 Å². The quantitative estimate of drug-likeness (QED) is 0.331. The number of pyridine rings is 1. The van der Waals surface area contributed by atoms with Crippen molar-refractivity contribution in [3.63, 3.8) is 0 Å². The number of hydrogen-bond acceptors (Lipinski definition) is 6. The van der Waals surface area contributed by atoms with Gasteiger partial charge in [-0.05, 0) is 42.5 Å². The summed E-state index contributed by atoms with van der Waals surface area (Å²) < 4.78 is 107. The van der Waals surface area contributed by atoms with Gasteiger partial charge in [0, 0.05) is 29.7 Å². The second-order valence-corrected chi connectivity index (χ2v) is 10.4. The van der Waals surface area contributed by atoms with Gasteiger partial charge in [-0.1, -0.05) is 5.16 Å². The zero-order valence-electron chi connectivity index (χ0n) is 19.4. The number of sulfonamides is 1. The number of rotatable bonds is 6. The minimum Gasteiger partial charge on any atom is -0.495 e. The number of nitrogens with zero attached hydrogens (tertiary/aromatic N) is 2. The number of ether oxygens (including phenoxy) is 1. The molecule has 8 nitrogen and oxygen atoms in total. The van der Waals surface area contributed by atoms with E-state index >= 15 is 8.78 Å². The molecule has 0 bridgehead atoms. The lowest BCUT2D eigenvalue weighted by Gasteiger charge is -2.37. The second-order valence-electron chi connectivity index (χ2n) is 8.79. The first-order valence-corrected chi connectivity index (χ1v) is 12.6. The summed E-state index contributed by atoms with van der Waals surface area (Å²) in [6.07, 6.45) is -3.80. The Kier molecular flexibility index (Phi) is 6.16. The number of hydrogen-bond donors (Lipinski definition) is 1. The van der Waals surface area contributed by atoms with Gasteiger partial charge in [-0.25, -0.2) is 17.2 Å². The molecule has 4 aromatic rings. The van der Waals surface area contributed by atoms with Crippen molar-refractivity contribution in [2.45, 2.75) is 29.8 Å². The number of methoxy groups -OCH3 is 1. The van der Waals surface area contributed by atoms with Gasteiger partial charge in [-0.3, -0.25) is 14.1 Å². The van der Waals surface area contributed by atoms with Crippen molar-refractivity contribution in [3.8, 4) is 11.4 Å². The number of anilines is 1. The summed E-state index contributed by atoms with van der Waals surface area (Å²) in [5.74, 6) is -4.48. The maximum atomic E-state index is 15.1. The predicted molar refractivity (Wildman–Crippen MR) is 125 cm³/mol. The average Bonchev–Trinajstić information content (AvgIpc) is 3.30. The van der Waals surface area contributed by atoms with E-state index in [0.29, 0.717) is 0 Å². The lowest BCUT2D eigenvalue weighted by Crippen LogP contribution is -2.34. The van der Waals surface area contributed by atoms with E-state index in [0.717, 1.165) is 35.1 Å². The maximum absolute atomic E-state index is 15.1. The molecule has 0 radical (unpaired) electrons. The SMILES string of the molecule is COc1cc([C@H]2C[C@H](C(F)(F)F)C2)c(F)cc1-n1c(=O)ccc2cc(S(=O)(=O)Nc3ccon3)c(F)cc21. The van der Waals surface area contributed by atoms with E-state index in [-0.39, 0.29) is 46.6 Å². The van der Waals surface area contributed by atoms with Crippen LogP contribution < -0.4 is 15.0 Å². The fraction of sp³-hybridized carbons (Fsp3) is 0.250. The number of aromatic nitrogens is 2. The molecule has 1 aliphatic carbocycles. The van der Waals surface area contributed by atoms with Crippen molar-refractivity contribution >= 4 is 26.7 Å². The third-order valence-electron chi connectivity index (χ3n) is 6.49. The summed E-state index contributed by atoms with van der Waals surface area (Å²) in [6, 6.07) is 7.52. The van der Waals surface area contributed by atoms with Gasteiger partial charge in [0.15, 0.2) is 5.82 Å². The Bertz CT molecular complexity index is 1700. The summed E-state index contributed by atoms with van der Waals surface area (Å²) >= 11 is 0. The van der Waals surface area contributed by atoms with Crippen LogP contribution in [0.3, 0.4) is 0 Å². The normalized spacial score (nSPS) is 17.8. The highest BCUT2D eigenvalue weighted by Crippen LogP contribution is 2.50. The van der Waals surface area contributed by atoms with Crippen LogP contribution in [0.25, 0.3) is 16.6 Å². The summed E-state index contributed by atoms with van der Waals surface area (Å²) in [6.45, 7) is 0. The third kappa shape index (κ3) is 4.48. The van der Waals surface area contributed by atoms with Crippen molar-refractivity contribution in [1.82, 2.24) is 9.72 Å². The van der Waals surface area contributed by atoms with Gasteiger partial charge in [0.25, 0.3) is 15.6 Å². The molecule has 2 aromatic heterocycles. The molecule has 1 aliphatic rings. The van der Waals surface area contributed by atoms with Gasteiger partial charge < -0.3 is 9.26 Å². The van der Waals surface area contributed by atoms with Crippen molar-refractivity contribution in [2.24, 2.45) is 5.92 Å². The lowest BCUT2D eigenvalue weighted by atomic mass is 9.71. The van der Waals surface area contributed by atoms with E-state index in [1.54, 1.807) is 0 Å². The molecule has 1 saturated carbocycles. The summed E-state index contributed by atoms with van der Waals surface area (Å²) in [7, 11) is -3.21. The van der Waals surface area contributed by atoms with Gasteiger partial charge in [0.1, 0.15) is 28.5 Å². The largest absolute Gasteiger partial charge is 0.495 e. The molecule has 0 amide bonds. The summed E-state index contributed by atoms with van der Waals surface area (Å²) in [5.41, 5.74) is -0.925. The van der Waals surface area contributed by atoms with Gasteiger partial charge in [0.05, 0.1) is 24.2 Å². The first-order valence-electron chi connectivity index (χ1n) is 11.1. The number of nitrogens with one attached hydrogen (secondary N) is 1. The van der Waals surface area contributed by atoms with Crippen molar-refractivity contribution in [3.05, 3.63) is 76.3 Å². The third-order valence-corrected chi connectivity index (χ3v) is 7.86. The first-order chi connectivity index (χ1) is 17.9. The molecule has 0 unspecified atom stereocenters. The maximum Gasteiger partial charge on any atom is 0.391 e. The van der Waals surface area contributed by atoms with E-state index in [1.165, 1.54) is 25.3 Å². The number of alkyl halides is 3. The fourth-order valence-corrected chi connectivity index (χ4v) is 5.59. The van der Waals surface area contributed by atoms with E-state index < -0.39 is 50.1 Å². The molecule has 5 rings (SSSR count). The van der Waals surface area contributed by atoms with Crippen LogP contribution in [0.15, 0.2) is 62.9 Å². The standard InChI is InChI=1S/C24H18F5N3O5S/c1-36-20-9-15(13-6-14(7-13)24(27,28)29)16(25)10-19(20)32-18-11-17(26)21(8-12(18)2-3-23(32)33)38(34,35)31-22-4-5-37-30-22/h2-5,8-11,13-14H,6-7H2,1H3,(H,30,31)/t13-,14-. The molecule has 0 saturated heterocycles. The minimum atomic E-state index is -4.44. The molecular weight excluding hydrogens is 537 g/mol. The topological polar surface area (TPSA) is 103 Å². The van der Waals surface area contributed by atoms with Crippen LogP contribution >= 0.6 is 0 Å². The van der Waals surface area contributed by atoms with Crippen LogP contribution in [0.5, 0.6) is 5.75 Å². The number of benzene rings is 2. The van der Waals surface area contributed by atoms with E-state index in [4.69, 9.17) is 4.74 Å². The Labute approximate surface area is 211 Å². The van der Waals surface area contributed by atoms with Crippen molar-refractivity contribution in [1.29, 1.82) is 0 Å². The minimum absolute atomic E-state index is 0.0119. The molecule has 0 spiro atoms. The highest BCUT2D eigenvalue weighted by atomic mass is 32.2. The van der Waals surface area contributed by atoms with Crippen LogP contribution in [-0.2, 0) is 10.0 Å². The molecule has 2 aromatic carbocycles. The van der Waals surface area contributed by atoms with E-state index in [2.05, 4.69) is 14.4 Å². The van der Waals surface area contributed by atoms with Gasteiger partial charge in [0.2, 0.25) is 0 Å². The molecule has 1 fully saturated rings. The van der Waals surface area contributed by atoms with Crippen molar-refractivity contribution < 1.29 is 39.6 Å². The monoisotopic (exact) mass is 555 g/mol. The predicted octanol–water partition coefficient (Wildman–Crippen LogP) is 5.12. The van der Waals surface area contributed by atoms with Crippen LogP contribution in [0.4, 0.5) is 27.8 Å². The Morgan fingerprint density at radius 1 is 1.08 bits per heavy atom. The van der Waals surface area contributed by atoms with Crippen LogP contribution in [0, 0.1) is 17.6 Å².